The Morgan fingerprint density at radius 2 is 2.20 bits per heavy atom. The summed E-state index contributed by atoms with van der Waals surface area (Å²) < 4.78 is 2.84. The first-order valence-corrected chi connectivity index (χ1v) is 5.42. The van der Waals surface area contributed by atoms with Gasteiger partial charge in [0.2, 0.25) is 0 Å². The highest BCUT2D eigenvalue weighted by molar-refractivity contribution is 9.10. The molecule has 2 aromatic rings. The summed E-state index contributed by atoms with van der Waals surface area (Å²) in [5.41, 5.74) is 2.83. The van der Waals surface area contributed by atoms with Crippen molar-refractivity contribution in [1.82, 2.24) is 9.78 Å². The maximum atomic E-state index is 8.91. The van der Waals surface area contributed by atoms with Gasteiger partial charge in [-0.15, -0.1) is 0 Å². The maximum absolute atomic E-state index is 8.91. The van der Waals surface area contributed by atoms with Gasteiger partial charge in [0, 0.05) is 10.7 Å². The molecule has 78 valence electrons. The monoisotopic (exact) mass is 266 g/mol. The topological polar surface area (TPSA) is 38.0 Å². The van der Waals surface area contributed by atoms with Crippen LogP contribution in [0.15, 0.2) is 34.9 Å². The highest BCUT2D eigenvalue weighted by Gasteiger charge is 2.01. The molecule has 1 aromatic heterocycles. The first kappa shape index (κ1) is 10.4. The summed E-state index contributed by atoms with van der Waals surface area (Å²) >= 11 is 3.45. The number of aliphatic hydroxyl groups is 1. The van der Waals surface area contributed by atoms with Crippen molar-refractivity contribution >= 4 is 15.9 Å². The second-order valence-electron chi connectivity index (χ2n) is 3.34. The lowest BCUT2D eigenvalue weighted by Gasteiger charge is -2.04. The molecule has 0 amide bonds. The van der Waals surface area contributed by atoms with Crippen LogP contribution in [-0.4, -0.2) is 14.9 Å². The largest absolute Gasteiger partial charge is 0.390 e. The van der Waals surface area contributed by atoms with Crippen LogP contribution in [0, 0.1) is 6.92 Å². The molecule has 0 unspecified atom stereocenters. The Labute approximate surface area is 96.5 Å². The van der Waals surface area contributed by atoms with Crippen molar-refractivity contribution in [2.75, 3.05) is 0 Å². The Bertz CT molecular complexity index is 479. The lowest BCUT2D eigenvalue weighted by molar-refractivity contribution is 0.276. The summed E-state index contributed by atoms with van der Waals surface area (Å²) in [6.45, 7) is 2.01. The van der Waals surface area contributed by atoms with Crippen LogP contribution in [0.2, 0.25) is 0 Å². The number of aliphatic hydroxyl groups excluding tert-OH is 1. The first-order chi connectivity index (χ1) is 7.20. The molecule has 0 spiro atoms. The second kappa shape index (κ2) is 4.16. The van der Waals surface area contributed by atoms with Gasteiger partial charge in [-0.1, -0.05) is 15.9 Å². The summed E-state index contributed by atoms with van der Waals surface area (Å²) in [5.74, 6) is 0. The van der Waals surface area contributed by atoms with E-state index in [1.54, 1.807) is 10.7 Å². The fourth-order valence-electron chi connectivity index (χ4n) is 1.36. The molecule has 3 nitrogen and oxygen atoms in total. The normalized spacial score (nSPS) is 10.6. The Morgan fingerprint density at radius 1 is 1.40 bits per heavy atom. The van der Waals surface area contributed by atoms with Gasteiger partial charge in [0.15, 0.2) is 0 Å². The van der Waals surface area contributed by atoms with Crippen LogP contribution in [0.1, 0.15) is 11.3 Å². The minimum absolute atomic E-state index is 0.0253. The lowest BCUT2D eigenvalue weighted by atomic mass is 10.2. The molecule has 0 radical (unpaired) electrons. The van der Waals surface area contributed by atoms with E-state index in [1.165, 1.54) is 0 Å². The fraction of sp³-hybridized carbons (Fsp3) is 0.182. The number of hydrogen-bond acceptors (Lipinski definition) is 2. The van der Waals surface area contributed by atoms with E-state index >= 15 is 0 Å². The number of aromatic nitrogens is 2. The minimum Gasteiger partial charge on any atom is -0.390 e. The van der Waals surface area contributed by atoms with E-state index < -0.39 is 0 Å². The van der Waals surface area contributed by atoms with Crippen molar-refractivity contribution in [3.8, 4) is 5.69 Å². The van der Waals surface area contributed by atoms with Crippen molar-refractivity contribution in [3.05, 3.63) is 46.2 Å². The zero-order chi connectivity index (χ0) is 10.8. The van der Waals surface area contributed by atoms with Gasteiger partial charge in [0.05, 0.1) is 18.0 Å². The number of benzene rings is 1. The SMILES string of the molecule is Cc1cc(-n2ccc(CO)n2)ccc1Br. The molecule has 0 atom stereocenters. The van der Waals surface area contributed by atoms with Crippen molar-refractivity contribution in [2.45, 2.75) is 13.5 Å². The Balaban J connectivity index is 2.40. The van der Waals surface area contributed by atoms with Crippen molar-refractivity contribution in [3.63, 3.8) is 0 Å². The molecular weight excluding hydrogens is 256 g/mol. The molecule has 4 heteroatoms. The van der Waals surface area contributed by atoms with E-state index in [1.807, 2.05) is 31.3 Å². The molecule has 0 aliphatic carbocycles. The van der Waals surface area contributed by atoms with E-state index in [2.05, 4.69) is 21.0 Å². The standard InChI is InChI=1S/C11H11BrN2O/c1-8-6-10(2-3-11(8)12)14-5-4-9(7-15)13-14/h2-6,15H,7H2,1H3. The van der Waals surface area contributed by atoms with E-state index in [-0.39, 0.29) is 6.61 Å². The van der Waals surface area contributed by atoms with Crippen LogP contribution >= 0.6 is 15.9 Å². The summed E-state index contributed by atoms with van der Waals surface area (Å²) in [5, 5.41) is 13.1. The van der Waals surface area contributed by atoms with Crippen LogP contribution in [0.25, 0.3) is 5.69 Å². The van der Waals surface area contributed by atoms with Gasteiger partial charge in [0.25, 0.3) is 0 Å². The quantitative estimate of drug-likeness (QED) is 0.907. The smallest absolute Gasteiger partial charge is 0.0883 e. The Morgan fingerprint density at radius 3 is 2.80 bits per heavy atom. The second-order valence-corrected chi connectivity index (χ2v) is 4.20. The molecule has 0 fully saturated rings. The highest BCUT2D eigenvalue weighted by Crippen LogP contribution is 2.19. The molecule has 0 saturated heterocycles. The number of halogens is 1. The number of rotatable bonds is 2. The first-order valence-electron chi connectivity index (χ1n) is 4.62. The van der Waals surface area contributed by atoms with Crippen LogP contribution in [0.5, 0.6) is 0 Å². The third-order valence-electron chi connectivity index (χ3n) is 2.21. The zero-order valence-electron chi connectivity index (χ0n) is 8.31. The fourth-order valence-corrected chi connectivity index (χ4v) is 1.61. The van der Waals surface area contributed by atoms with Gasteiger partial charge >= 0.3 is 0 Å². The molecular formula is C11H11BrN2O. The predicted octanol–water partition coefficient (Wildman–Crippen LogP) is 2.44. The number of nitrogens with zero attached hydrogens (tertiary/aromatic N) is 2. The minimum atomic E-state index is -0.0253. The molecule has 2 rings (SSSR count). The number of hydrogen-bond donors (Lipinski definition) is 1. The lowest BCUT2D eigenvalue weighted by Crippen LogP contribution is -1.96. The van der Waals surface area contributed by atoms with Crippen LogP contribution in [0.3, 0.4) is 0 Å². The van der Waals surface area contributed by atoms with Gasteiger partial charge in [-0.05, 0) is 36.8 Å². The highest BCUT2D eigenvalue weighted by atomic mass is 79.9. The third-order valence-corrected chi connectivity index (χ3v) is 3.10. The molecule has 1 aromatic carbocycles. The summed E-state index contributed by atoms with van der Waals surface area (Å²) in [6, 6.07) is 7.81. The molecule has 0 bridgehead atoms. The van der Waals surface area contributed by atoms with Crippen LogP contribution in [-0.2, 0) is 6.61 Å². The van der Waals surface area contributed by atoms with Gasteiger partial charge in [-0.25, -0.2) is 4.68 Å². The Kier molecular flexibility index (Phi) is 2.88. The Hall–Kier alpha value is -1.13. The van der Waals surface area contributed by atoms with E-state index in [0.29, 0.717) is 5.69 Å². The van der Waals surface area contributed by atoms with E-state index in [0.717, 1.165) is 15.7 Å². The molecule has 0 aliphatic rings. The van der Waals surface area contributed by atoms with E-state index in [4.69, 9.17) is 5.11 Å². The van der Waals surface area contributed by atoms with Gasteiger partial charge in [-0.2, -0.15) is 5.10 Å². The van der Waals surface area contributed by atoms with Gasteiger partial charge in [0.1, 0.15) is 0 Å². The average Bonchev–Trinajstić information content (AvgIpc) is 2.70. The molecule has 1 N–H and O–H groups in total. The number of aryl methyl sites for hydroxylation is 1. The average molecular weight is 267 g/mol. The van der Waals surface area contributed by atoms with Crippen LogP contribution in [0.4, 0.5) is 0 Å². The molecule has 0 aliphatic heterocycles. The third kappa shape index (κ3) is 2.11. The maximum Gasteiger partial charge on any atom is 0.0883 e. The van der Waals surface area contributed by atoms with E-state index in [9.17, 15) is 0 Å². The van der Waals surface area contributed by atoms with Gasteiger partial charge in [-0.3, -0.25) is 0 Å². The summed E-state index contributed by atoms with van der Waals surface area (Å²) in [6.07, 6.45) is 1.84. The molecule has 15 heavy (non-hydrogen) atoms. The summed E-state index contributed by atoms with van der Waals surface area (Å²) in [7, 11) is 0. The molecule has 0 saturated carbocycles. The van der Waals surface area contributed by atoms with Crippen molar-refractivity contribution in [2.24, 2.45) is 0 Å². The zero-order valence-corrected chi connectivity index (χ0v) is 9.90. The predicted molar refractivity (Wildman–Crippen MR) is 61.9 cm³/mol. The van der Waals surface area contributed by atoms with Crippen molar-refractivity contribution < 1.29 is 5.11 Å². The van der Waals surface area contributed by atoms with Crippen molar-refractivity contribution in [1.29, 1.82) is 0 Å². The molecule has 1 heterocycles. The van der Waals surface area contributed by atoms with Gasteiger partial charge < -0.3 is 5.11 Å². The van der Waals surface area contributed by atoms with Crippen LogP contribution < -0.4 is 0 Å². The summed E-state index contributed by atoms with van der Waals surface area (Å²) in [4.78, 5) is 0.